The Hall–Kier alpha value is -2.87. The summed E-state index contributed by atoms with van der Waals surface area (Å²) in [5.74, 6) is -0.713. The Labute approximate surface area is 191 Å². The third-order valence-corrected chi connectivity index (χ3v) is 6.43. The summed E-state index contributed by atoms with van der Waals surface area (Å²) in [6.07, 6.45) is 1.85. The number of nitrogens with zero attached hydrogens (tertiary/aromatic N) is 2. The zero-order valence-electron chi connectivity index (χ0n) is 19.5. The number of amides is 2. The van der Waals surface area contributed by atoms with Crippen molar-refractivity contribution in [3.05, 3.63) is 65.2 Å². The lowest BCUT2D eigenvalue weighted by molar-refractivity contribution is -0.139. The van der Waals surface area contributed by atoms with E-state index in [-0.39, 0.29) is 19.0 Å². The Morgan fingerprint density at radius 2 is 1.75 bits per heavy atom. The molecule has 2 aromatic rings. The van der Waals surface area contributed by atoms with E-state index in [1.807, 2.05) is 51.1 Å². The highest BCUT2D eigenvalue weighted by Crippen LogP contribution is 2.20. The molecule has 0 aliphatic carbocycles. The van der Waals surface area contributed by atoms with Gasteiger partial charge in [-0.2, -0.15) is 0 Å². The van der Waals surface area contributed by atoms with Crippen LogP contribution < -0.4 is 9.62 Å². The highest BCUT2D eigenvalue weighted by molar-refractivity contribution is 7.92. The number of hydrogen-bond donors (Lipinski definition) is 1. The van der Waals surface area contributed by atoms with Crippen molar-refractivity contribution in [1.82, 2.24) is 10.2 Å². The van der Waals surface area contributed by atoms with Crippen molar-refractivity contribution in [3.63, 3.8) is 0 Å². The van der Waals surface area contributed by atoms with Crippen LogP contribution in [0.1, 0.15) is 37.0 Å². The summed E-state index contributed by atoms with van der Waals surface area (Å²) >= 11 is 0. The predicted octanol–water partition coefficient (Wildman–Crippen LogP) is 3.01. The third kappa shape index (κ3) is 6.82. The highest BCUT2D eigenvalue weighted by Gasteiger charge is 2.30. The van der Waals surface area contributed by atoms with E-state index in [2.05, 4.69) is 5.32 Å². The largest absolute Gasteiger partial charge is 0.354 e. The Balaban J connectivity index is 2.38. The van der Waals surface area contributed by atoms with E-state index in [0.29, 0.717) is 12.2 Å². The van der Waals surface area contributed by atoms with Crippen molar-refractivity contribution in [1.29, 1.82) is 0 Å². The van der Waals surface area contributed by atoms with Crippen LogP contribution in [-0.2, 0) is 26.2 Å². The summed E-state index contributed by atoms with van der Waals surface area (Å²) < 4.78 is 26.2. The van der Waals surface area contributed by atoms with Gasteiger partial charge in [0.05, 0.1) is 11.9 Å². The summed E-state index contributed by atoms with van der Waals surface area (Å²) in [6.45, 7) is 7.74. The topological polar surface area (TPSA) is 86.8 Å². The van der Waals surface area contributed by atoms with Gasteiger partial charge in [-0.3, -0.25) is 13.9 Å². The van der Waals surface area contributed by atoms with Gasteiger partial charge in [-0.25, -0.2) is 8.42 Å². The first-order valence-electron chi connectivity index (χ1n) is 10.7. The number of aryl methyl sites for hydroxylation is 2. The van der Waals surface area contributed by atoms with Crippen molar-refractivity contribution >= 4 is 27.5 Å². The molecule has 7 nitrogen and oxygen atoms in total. The number of carbonyl (C=O) groups excluding carboxylic acids is 2. The first-order chi connectivity index (χ1) is 15.0. The van der Waals surface area contributed by atoms with E-state index >= 15 is 0 Å². The Kier molecular flexibility index (Phi) is 8.83. The Morgan fingerprint density at radius 1 is 1.06 bits per heavy atom. The molecule has 0 saturated carbocycles. The Bertz CT molecular complexity index is 1050. The molecular weight excluding hydrogens is 426 g/mol. The summed E-state index contributed by atoms with van der Waals surface area (Å²) in [4.78, 5) is 27.6. The molecule has 0 fully saturated rings. The minimum Gasteiger partial charge on any atom is -0.354 e. The number of anilines is 1. The van der Waals surface area contributed by atoms with Crippen LogP contribution in [0.25, 0.3) is 0 Å². The normalized spacial score (nSPS) is 12.2. The molecule has 0 unspecified atom stereocenters. The van der Waals surface area contributed by atoms with Crippen molar-refractivity contribution in [2.24, 2.45) is 0 Å². The fraction of sp³-hybridized carbons (Fsp3) is 0.417. The van der Waals surface area contributed by atoms with E-state index in [9.17, 15) is 18.0 Å². The van der Waals surface area contributed by atoms with Gasteiger partial charge >= 0.3 is 0 Å². The maximum absolute atomic E-state index is 13.4. The second-order valence-electron chi connectivity index (χ2n) is 8.02. The fourth-order valence-corrected chi connectivity index (χ4v) is 4.19. The van der Waals surface area contributed by atoms with E-state index in [1.54, 1.807) is 25.1 Å². The van der Waals surface area contributed by atoms with Crippen LogP contribution >= 0.6 is 0 Å². The van der Waals surface area contributed by atoms with Crippen LogP contribution in [0, 0.1) is 13.8 Å². The van der Waals surface area contributed by atoms with Gasteiger partial charge in [0, 0.05) is 13.1 Å². The summed E-state index contributed by atoms with van der Waals surface area (Å²) in [5.41, 5.74) is 3.19. The molecule has 0 saturated heterocycles. The van der Waals surface area contributed by atoms with Crippen LogP contribution in [0.2, 0.25) is 0 Å². The lowest BCUT2D eigenvalue weighted by atomic mass is 10.1. The fourth-order valence-electron chi connectivity index (χ4n) is 3.35. The molecule has 0 aromatic heterocycles. The molecule has 0 aliphatic rings. The number of sulfonamides is 1. The van der Waals surface area contributed by atoms with Crippen LogP contribution in [0.4, 0.5) is 5.69 Å². The smallest absolute Gasteiger partial charge is 0.244 e. The number of rotatable bonds is 10. The van der Waals surface area contributed by atoms with Gasteiger partial charge in [0.1, 0.15) is 12.6 Å². The number of benzene rings is 2. The van der Waals surface area contributed by atoms with Crippen molar-refractivity contribution in [3.8, 4) is 0 Å². The van der Waals surface area contributed by atoms with Crippen LogP contribution in [0.5, 0.6) is 0 Å². The van der Waals surface area contributed by atoms with Crippen LogP contribution in [0.3, 0.4) is 0 Å². The molecule has 32 heavy (non-hydrogen) atoms. The minimum atomic E-state index is -3.72. The summed E-state index contributed by atoms with van der Waals surface area (Å²) in [6, 6.07) is 13.9. The average Bonchev–Trinajstić information content (AvgIpc) is 2.73. The standard InChI is InChI=1S/C24H33N3O4S/c1-6-14-25-24(29)20(4)26(16-21-12-8-7-11-19(21)3)23(28)17-27(32(5,30)31)22-13-9-10-18(2)15-22/h7-13,15,20H,6,14,16-17H2,1-5H3,(H,25,29)/t20-/m1/s1. The third-order valence-electron chi connectivity index (χ3n) is 5.29. The molecule has 2 amide bonds. The quantitative estimate of drug-likeness (QED) is 0.592. The number of nitrogens with one attached hydrogen (secondary N) is 1. The van der Waals surface area contributed by atoms with E-state index in [0.717, 1.165) is 33.7 Å². The minimum absolute atomic E-state index is 0.206. The number of carbonyl (C=O) groups is 2. The molecule has 0 radical (unpaired) electrons. The monoisotopic (exact) mass is 459 g/mol. The van der Waals surface area contributed by atoms with Gasteiger partial charge in [-0.05, 0) is 56.0 Å². The van der Waals surface area contributed by atoms with Gasteiger partial charge < -0.3 is 10.2 Å². The van der Waals surface area contributed by atoms with Crippen molar-refractivity contribution in [2.45, 2.75) is 46.7 Å². The second-order valence-corrected chi connectivity index (χ2v) is 9.93. The van der Waals surface area contributed by atoms with Crippen LogP contribution in [-0.4, -0.2) is 50.5 Å². The summed E-state index contributed by atoms with van der Waals surface area (Å²) in [5, 5.41) is 2.83. The molecule has 2 rings (SSSR count). The molecule has 0 spiro atoms. The summed E-state index contributed by atoms with van der Waals surface area (Å²) in [7, 11) is -3.72. The lowest BCUT2D eigenvalue weighted by Gasteiger charge is -2.32. The molecule has 0 bridgehead atoms. The first kappa shape index (κ1) is 25.4. The zero-order valence-corrected chi connectivity index (χ0v) is 20.3. The SMILES string of the molecule is CCCNC(=O)[C@@H](C)N(Cc1ccccc1C)C(=O)CN(c1cccc(C)c1)S(C)(=O)=O. The predicted molar refractivity (Wildman–Crippen MR) is 128 cm³/mol. The van der Waals surface area contributed by atoms with E-state index < -0.39 is 22.0 Å². The van der Waals surface area contributed by atoms with Gasteiger partial charge in [-0.15, -0.1) is 0 Å². The molecule has 0 aliphatic heterocycles. The molecule has 8 heteroatoms. The van der Waals surface area contributed by atoms with E-state index in [4.69, 9.17) is 0 Å². The Morgan fingerprint density at radius 3 is 2.34 bits per heavy atom. The van der Waals surface area contributed by atoms with E-state index in [1.165, 1.54) is 4.90 Å². The average molecular weight is 460 g/mol. The first-order valence-corrected chi connectivity index (χ1v) is 12.6. The van der Waals surface area contributed by atoms with Gasteiger partial charge in [0.2, 0.25) is 21.8 Å². The van der Waals surface area contributed by atoms with Crippen molar-refractivity contribution < 1.29 is 18.0 Å². The number of hydrogen-bond acceptors (Lipinski definition) is 4. The highest BCUT2D eigenvalue weighted by atomic mass is 32.2. The molecular formula is C24H33N3O4S. The maximum Gasteiger partial charge on any atom is 0.244 e. The lowest BCUT2D eigenvalue weighted by Crippen LogP contribution is -2.51. The maximum atomic E-state index is 13.4. The molecule has 1 atom stereocenters. The van der Waals surface area contributed by atoms with Crippen molar-refractivity contribution in [2.75, 3.05) is 23.7 Å². The van der Waals surface area contributed by atoms with Gasteiger partial charge in [0.25, 0.3) is 0 Å². The second kappa shape index (κ2) is 11.1. The molecule has 174 valence electrons. The van der Waals surface area contributed by atoms with Gasteiger partial charge in [0.15, 0.2) is 0 Å². The van der Waals surface area contributed by atoms with Gasteiger partial charge in [-0.1, -0.05) is 43.3 Å². The zero-order chi connectivity index (χ0) is 23.9. The molecule has 0 heterocycles. The van der Waals surface area contributed by atoms with Crippen LogP contribution in [0.15, 0.2) is 48.5 Å². The molecule has 2 aromatic carbocycles. The molecule has 1 N–H and O–H groups in total.